The number of nitrogens with one attached hydrogen (secondary N) is 1. The molecule has 0 amide bonds. The SMILES string of the molecule is CCC(CCC1OCCc2c1[nH]c1ccccc21)(c1cccs1)N(C)C. The second-order valence-corrected chi connectivity index (χ2v) is 8.42. The molecule has 1 N–H and O–H groups in total. The molecule has 1 aliphatic rings. The standard InChI is InChI=1S/C22H28N2OS/c1-4-22(24(2)3,20-10-7-15-26-20)13-11-19-21-17(12-14-25-19)16-8-5-6-9-18(16)23-21/h5-10,15,19,23H,4,11-14H2,1-3H3. The van der Waals surface area contributed by atoms with Crippen molar-refractivity contribution in [3.63, 3.8) is 0 Å². The maximum absolute atomic E-state index is 6.22. The van der Waals surface area contributed by atoms with Gasteiger partial charge in [-0.1, -0.05) is 31.2 Å². The van der Waals surface area contributed by atoms with Crippen molar-refractivity contribution in [3.05, 3.63) is 57.9 Å². The van der Waals surface area contributed by atoms with Gasteiger partial charge in [0.25, 0.3) is 0 Å². The molecule has 138 valence electrons. The van der Waals surface area contributed by atoms with Crippen molar-refractivity contribution in [2.24, 2.45) is 0 Å². The predicted molar refractivity (Wildman–Crippen MR) is 110 cm³/mol. The van der Waals surface area contributed by atoms with Gasteiger partial charge < -0.3 is 9.72 Å². The number of fused-ring (bicyclic) bond motifs is 3. The molecule has 0 saturated heterocycles. The molecule has 4 rings (SSSR count). The Labute approximate surface area is 160 Å². The average Bonchev–Trinajstić information content (AvgIpc) is 3.31. The van der Waals surface area contributed by atoms with E-state index in [1.807, 2.05) is 11.3 Å². The molecule has 1 aliphatic heterocycles. The zero-order chi connectivity index (χ0) is 18.1. The van der Waals surface area contributed by atoms with Crippen LogP contribution in [0.4, 0.5) is 0 Å². The Morgan fingerprint density at radius 3 is 2.81 bits per heavy atom. The van der Waals surface area contributed by atoms with Gasteiger partial charge in [0, 0.05) is 21.5 Å². The van der Waals surface area contributed by atoms with E-state index in [0.717, 1.165) is 32.3 Å². The monoisotopic (exact) mass is 368 g/mol. The molecule has 3 heterocycles. The summed E-state index contributed by atoms with van der Waals surface area (Å²) in [6, 6.07) is 13.1. The van der Waals surface area contributed by atoms with Gasteiger partial charge in [-0.15, -0.1) is 11.3 Å². The van der Waals surface area contributed by atoms with Crippen molar-refractivity contribution >= 4 is 22.2 Å². The molecule has 3 aromatic rings. The third-order valence-corrected chi connectivity index (χ3v) is 7.14. The highest BCUT2D eigenvalue weighted by Crippen LogP contribution is 2.42. The first-order valence-electron chi connectivity index (χ1n) is 9.58. The summed E-state index contributed by atoms with van der Waals surface area (Å²) in [5, 5.41) is 3.55. The van der Waals surface area contributed by atoms with Crippen LogP contribution in [0.2, 0.25) is 0 Å². The zero-order valence-electron chi connectivity index (χ0n) is 15.9. The molecule has 26 heavy (non-hydrogen) atoms. The highest BCUT2D eigenvalue weighted by atomic mass is 32.1. The van der Waals surface area contributed by atoms with Crippen LogP contribution in [0.1, 0.15) is 48.4 Å². The van der Waals surface area contributed by atoms with Gasteiger partial charge in [0.1, 0.15) is 0 Å². The molecule has 0 saturated carbocycles. The van der Waals surface area contributed by atoms with Gasteiger partial charge in [0.05, 0.1) is 18.2 Å². The molecule has 0 spiro atoms. The molecule has 1 aromatic carbocycles. The van der Waals surface area contributed by atoms with Gasteiger partial charge in [0.2, 0.25) is 0 Å². The lowest BCUT2D eigenvalue weighted by Crippen LogP contribution is -2.40. The van der Waals surface area contributed by atoms with Crippen LogP contribution in [0.5, 0.6) is 0 Å². The Morgan fingerprint density at radius 2 is 2.08 bits per heavy atom. The van der Waals surface area contributed by atoms with Crippen LogP contribution in [-0.2, 0) is 16.7 Å². The Kier molecular flexibility index (Phi) is 4.91. The molecule has 2 atom stereocenters. The topological polar surface area (TPSA) is 28.3 Å². The summed E-state index contributed by atoms with van der Waals surface area (Å²) < 4.78 is 6.22. The number of nitrogens with zero attached hydrogens (tertiary/aromatic N) is 1. The Bertz CT molecular complexity index is 868. The number of ether oxygens (including phenoxy) is 1. The summed E-state index contributed by atoms with van der Waals surface area (Å²) >= 11 is 1.87. The first-order chi connectivity index (χ1) is 12.7. The average molecular weight is 369 g/mol. The number of benzene rings is 1. The van der Waals surface area contributed by atoms with Crippen molar-refractivity contribution in [2.75, 3.05) is 20.7 Å². The van der Waals surface area contributed by atoms with E-state index in [4.69, 9.17) is 4.74 Å². The molecular formula is C22H28N2OS. The molecule has 0 bridgehead atoms. The van der Waals surface area contributed by atoms with Gasteiger partial charge in [-0.2, -0.15) is 0 Å². The third-order valence-electron chi connectivity index (χ3n) is 6.08. The highest BCUT2D eigenvalue weighted by Gasteiger charge is 2.35. The number of aromatic nitrogens is 1. The second-order valence-electron chi connectivity index (χ2n) is 7.47. The lowest BCUT2D eigenvalue weighted by molar-refractivity contribution is 0.0173. The molecule has 4 heteroatoms. The first-order valence-corrected chi connectivity index (χ1v) is 10.5. The van der Waals surface area contributed by atoms with E-state index < -0.39 is 0 Å². The summed E-state index contributed by atoms with van der Waals surface area (Å²) in [5.41, 5.74) is 4.08. The smallest absolute Gasteiger partial charge is 0.0976 e. The normalized spacial score (nSPS) is 19.6. The van der Waals surface area contributed by atoms with Crippen LogP contribution >= 0.6 is 11.3 Å². The van der Waals surface area contributed by atoms with E-state index in [9.17, 15) is 0 Å². The number of hydrogen-bond acceptors (Lipinski definition) is 3. The lowest BCUT2D eigenvalue weighted by Gasteiger charge is -2.40. The first kappa shape index (κ1) is 17.8. The van der Waals surface area contributed by atoms with Gasteiger partial charge in [-0.25, -0.2) is 0 Å². The fraction of sp³-hybridized carbons (Fsp3) is 0.455. The van der Waals surface area contributed by atoms with Crippen LogP contribution in [0.3, 0.4) is 0 Å². The molecule has 3 nitrogen and oxygen atoms in total. The van der Waals surface area contributed by atoms with Gasteiger partial charge in [-0.05, 0) is 62.9 Å². The molecule has 0 aliphatic carbocycles. The molecular weight excluding hydrogens is 340 g/mol. The van der Waals surface area contributed by atoms with E-state index >= 15 is 0 Å². The van der Waals surface area contributed by atoms with Gasteiger partial charge >= 0.3 is 0 Å². The number of hydrogen-bond donors (Lipinski definition) is 1. The van der Waals surface area contributed by atoms with Crippen LogP contribution in [0.15, 0.2) is 41.8 Å². The van der Waals surface area contributed by atoms with Crippen LogP contribution in [-0.4, -0.2) is 30.6 Å². The molecule has 0 fully saturated rings. The minimum absolute atomic E-state index is 0.0845. The maximum Gasteiger partial charge on any atom is 0.0976 e. The lowest BCUT2D eigenvalue weighted by atomic mass is 9.85. The summed E-state index contributed by atoms with van der Waals surface area (Å²) in [6.07, 6.45) is 4.40. The van der Waals surface area contributed by atoms with Crippen molar-refractivity contribution < 1.29 is 4.74 Å². The number of aromatic amines is 1. The summed E-state index contributed by atoms with van der Waals surface area (Å²) in [6.45, 7) is 3.12. The van der Waals surface area contributed by atoms with E-state index in [0.29, 0.717) is 0 Å². The summed E-state index contributed by atoms with van der Waals surface area (Å²) in [5.74, 6) is 0. The minimum Gasteiger partial charge on any atom is -0.372 e. The van der Waals surface area contributed by atoms with E-state index in [1.165, 1.54) is 27.0 Å². The van der Waals surface area contributed by atoms with Crippen LogP contribution in [0, 0.1) is 0 Å². The van der Waals surface area contributed by atoms with Crippen molar-refractivity contribution in [1.29, 1.82) is 0 Å². The van der Waals surface area contributed by atoms with Gasteiger partial charge in [-0.3, -0.25) is 4.90 Å². The van der Waals surface area contributed by atoms with Crippen LogP contribution in [0.25, 0.3) is 10.9 Å². The second kappa shape index (κ2) is 7.18. The molecule has 0 radical (unpaired) electrons. The fourth-order valence-electron chi connectivity index (χ4n) is 4.53. The number of thiophene rings is 1. The van der Waals surface area contributed by atoms with E-state index in [-0.39, 0.29) is 11.6 Å². The fourth-order valence-corrected chi connectivity index (χ4v) is 5.64. The Morgan fingerprint density at radius 1 is 1.23 bits per heavy atom. The van der Waals surface area contributed by atoms with E-state index in [2.05, 4.69) is 72.7 Å². The van der Waals surface area contributed by atoms with Crippen molar-refractivity contribution in [1.82, 2.24) is 9.88 Å². The zero-order valence-corrected chi connectivity index (χ0v) is 16.7. The Hall–Kier alpha value is -1.62. The predicted octanol–water partition coefficient (Wildman–Crippen LogP) is 5.49. The number of para-hydroxylation sites is 1. The molecule has 2 aromatic heterocycles. The van der Waals surface area contributed by atoms with Crippen LogP contribution < -0.4 is 0 Å². The molecule has 2 unspecified atom stereocenters. The van der Waals surface area contributed by atoms with Gasteiger partial charge in [0.15, 0.2) is 0 Å². The minimum atomic E-state index is 0.0845. The van der Waals surface area contributed by atoms with Crippen molar-refractivity contribution in [3.8, 4) is 0 Å². The summed E-state index contributed by atoms with van der Waals surface area (Å²) in [7, 11) is 4.42. The number of H-pyrrole nitrogens is 1. The highest BCUT2D eigenvalue weighted by molar-refractivity contribution is 7.10. The number of rotatable bonds is 6. The third kappa shape index (κ3) is 2.90. The Balaban J connectivity index is 1.62. The van der Waals surface area contributed by atoms with Crippen molar-refractivity contribution in [2.45, 2.75) is 44.2 Å². The summed E-state index contributed by atoms with van der Waals surface area (Å²) in [4.78, 5) is 7.50. The quantitative estimate of drug-likeness (QED) is 0.623. The largest absolute Gasteiger partial charge is 0.372 e. The maximum atomic E-state index is 6.22. The van der Waals surface area contributed by atoms with E-state index in [1.54, 1.807) is 0 Å².